The number of fused-ring (bicyclic) bond motifs is 5. The van der Waals surface area contributed by atoms with Gasteiger partial charge >= 0.3 is 5.97 Å². The van der Waals surface area contributed by atoms with Gasteiger partial charge < -0.3 is 36.0 Å². The number of hydrogen-bond donors (Lipinski definition) is 1. The van der Waals surface area contributed by atoms with Crippen molar-refractivity contribution in [3.05, 3.63) is 72.3 Å². The summed E-state index contributed by atoms with van der Waals surface area (Å²) in [6.45, 7) is 7.80. The fourth-order valence-electron chi connectivity index (χ4n) is 5.30. The largest absolute Gasteiger partial charge is 1.00 e. The number of ether oxygens (including phenoxy) is 2. The highest BCUT2D eigenvalue weighted by atomic mass is 79.9. The lowest BCUT2D eigenvalue weighted by Gasteiger charge is -2.52. The third-order valence-electron chi connectivity index (χ3n) is 6.89. The summed E-state index contributed by atoms with van der Waals surface area (Å²) >= 11 is 0. The van der Waals surface area contributed by atoms with Crippen LogP contribution in [0.5, 0.6) is 11.5 Å². The van der Waals surface area contributed by atoms with Crippen molar-refractivity contribution in [2.45, 2.75) is 24.5 Å². The predicted molar refractivity (Wildman–Crippen MR) is 108 cm³/mol. The molecule has 2 bridgehead atoms. The summed E-state index contributed by atoms with van der Waals surface area (Å²) in [5.74, 6) is 0.707. The quantitative estimate of drug-likeness (QED) is 0.397. The second-order valence-corrected chi connectivity index (χ2v) is 8.53. The van der Waals surface area contributed by atoms with Gasteiger partial charge in [0, 0.05) is 29.9 Å². The van der Waals surface area contributed by atoms with Gasteiger partial charge in [-0.2, -0.15) is 0 Å². The van der Waals surface area contributed by atoms with E-state index in [0.29, 0.717) is 28.5 Å². The molecule has 0 amide bonds. The fraction of sp³-hybridized carbons (Fsp3) is 0.375. The lowest BCUT2D eigenvalue weighted by atomic mass is 9.81. The Morgan fingerprint density at radius 2 is 1.70 bits per heavy atom. The summed E-state index contributed by atoms with van der Waals surface area (Å²) in [6, 6.07) is 14.2. The zero-order valence-electron chi connectivity index (χ0n) is 16.8. The van der Waals surface area contributed by atoms with Gasteiger partial charge in [0.2, 0.25) is 5.60 Å². The van der Waals surface area contributed by atoms with Gasteiger partial charge in [0.25, 0.3) is 0 Å². The summed E-state index contributed by atoms with van der Waals surface area (Å²) in [5, 5.41) is 11.7. The average Bonchev–Trinajstić information content (AvgIpc) is 2.75. The van der Waals surface area contributed by atoms with Crippen molar-refractivity contribution in [2.75, 3.05) is 26.2 Å². The molecule has 0 unspecified atom stereocenters. The van der Waals surface area contributed by atoms with Crippen molar-refractivity contribution in [3.8, 4) is 11.5 Å². The molecule has 6 rings (SSSR count). The zero-order chi connectivity index (χ0) is 20.1. The summed E-state index contributed by atoms with van der Waals surface area (Å²) in [6.07, 6.45) is 3.86. The highest BCUT2D eigenvalue weighted by Crippen LogP contribution is 2.48. The van der Waals surface area contributed by atoms with E-state index in [9.17, 15) is 9.90 Å². The molecule has 3 fully saturated rings. The number of rotatable bonds is 4. The van der Waals surface area contributed by atoms with Gasteiger partial charge in [-0.1, -0.05) is 43.0 Å². The fourth-order valence-corrected chi connectivity index (χ4v) is 5.30. The minimum Gasteiger partial charge on any atom is -1.00 e. The number of piperidine rings is 3. The van der Waals surface area contributed by atoms with Crippen molar-refractivity contribution in [2.24, 2.45) is 5.92 Å². The standard InChI is InChI=1S/C24H26NO4.BrH/c1-2-13-25-14-11-17(12-15-25)22(16-25)29-23(26)24(27)18-7-3-5-9-20(18)28-21-10-6-4-8-19(21)24;/h2-10,17,22,27H,1,11-16H2;1H/q+1;/p-1/t17?,22-,25?;/m0./s1. The SMILES string of the molecule is C=CC[N+]12CCC(CC1)[C@@H](OC(=O)C1(O)c3ccccc3Oc3ccccc31)C2.[Br-]. The Bertz CT molecular complexity index is 922. The Morgan fingerprint density at radius 1 is 1.13 bits per heavy atom. The van der Waals surface area contributed by atoms with E-state index in [1.807, 2.05) is 18.2 Å². The number of para-hydroxylation sites is 2. The highest BCUT2D eigenvalue weighted by molar-refractivity contribution is 5.88. The monoisotopic (exact) mass is 471 g/mol. The lowest BCUT2D eigenvalue weighted by Crippen LogP contribution is -3.00. The van der Waals surface area contributed by atoms with Gasteiger partial charge in [0.15, 0.2) is 6.10 Å². The van der Waals surface area contributed by atoms with Crippen LogP contribution in [0.4, 0.5) is 0 Å². The van der Waals surface area contributed by atoms with E-state index in [1.54, 1.807) is 36.4 Å². The Morgan fingerprint density at radius 3 is 2.27 bits per heavy atom. The van der Waals surface area contributed by atoms with Crippen LogP contribution in [0.3, 0.4) is 0 Å². The first-order valence-corrected chi connectivity index (χ1v) is 10.3. The van der Waals surface area contributed by atoms with Crippen molar-refractivity contribution in [1.29, 1.82) is 0 Å². The second-order valence-electron chi connectivity index (χ2n) is 8.53. The maximum atomic E-state index is 13.5. The van der Waals surface area contributed by atoms with Crippen LogP contribution in [0.15, 0.2) is 61.2 Å². The number of quaternary nitrogens is 1. The first-order valence-electron chi connectivity index (χ1n) is 10.3. The third kappa shape index (κ3) is 3.18. The van der Waals surface area contributed by atoms with Gasteiger partial charge in [0.1, 0.15) is 18.0 Å². The van der Waals surface area contributed by atoms with E-state index in [2.05, 4.69) is 6.58 Å². The summed E-state index contributed by atoms with van der Waals surface area (Å²) in [7, 11) is 0. The predicted octanol–water partition coefficient (Wildman–Crippen LogP) is 0.370. The number of halogens is 1. The average molecular weight is 472 g/mol. The Kier molecular flexibility index (Phi) is 5.51. The lowest BCUT2D eigenvalue weighted by molar-refractivity contribution is -0.941. The Hall–Kier alpha value is -2.15. The van der Waals surface area contributed by atoms with Crippen molar-refractivity contribution in [3.63, 3.8) is 0 Å². The van der Waals surface area contributed by atoms with E-state index in [0.717, 1.165) is 43.5 Å². The van der Waals surface area contributed by atoms with Gasteiger partial charge in [-0.05, 0) is 18.2 Å². The third-order valence-corrected chi connectivity index (χ3v) is 6.89. The van der Waals surface area contributed by atoms with E-state index < -0.39 is 11.6 Å². The molecule has 158 valence electrons. The molecule has 3 saturated heterocycles. The summed E-state index contributed by atoms with van der Waals surface area (Å²) in [4.78, 5) is 13.5. The number of benzene rings is 2. The number of aliphatic hydroxyl groups is 1. The van der Waals surface area contributed by atoms with Gasteiger partial charge in [-0.15, -0.1) is 0 Å². The van der Waals surface area contributed by atoms with Crippen LogP contribution >= 0.6 is 0 Å². The van der Waals surface area contributed by atoms with Gasteiger partial charge in [-0.3, -0.25) is 0 Å². The normalized spacial score (nSPS) is 27.6. The highest BCUT2D eigenvalue weighted by Gasteiger charge is 2.52. The van der Waals surface area contributed by atoms with Crippen LogP contribution in [0.1, 0.15) is 24.0 Å². The van der Waals surface area contributed by atoms with Gasteiger partial charge in [-0.25, -0.2) is 4.79 Å². The maximum absolute atomic E-state index is 13.5. The molecule has 2 aromatic rings. The molecule has 6 heteroatoms. The first-order chi connectivity index (χ1) is 14.1. The van der Waals surface area contributed by atoms with Crippen molar-refractivity contribution in [1.82, 2.24) is 0 Å². The van der Waals surface area contributed by atoms with Crippen LogP contribution in [0.25, 0.3) is 0 Å². The number of hydrogen-bond acceptors (Lipinski definition) is 4. The van der Waals surface area contributed by atoms with Crippen molar-refractivity contribution >= 4 is 5.97 Å². The second kappa shape index (κ2) is 7.84. The van der Waals surface area contributed by atoms with E-state index in [4.69, 9.17) is 9.47 Å². The van der Waals surface area contributed by atoms with Crippen LogP contribution in [0.2, 0.25) is 0 Å². The topological polar surface area (TPSA) is 55.8 Å². The van der Waals surface area contributed by atoms with E-state index in [1.165, 1.54) is 0 Å². The number of carbonyl (C=O) groups is 1. The zero-order valence-corrected chi connectivity index (χ0v) is 18.4. The number of carbonyl (C=O) groups excluding carboxylic acids is 1. The molecule has 5 nitrogen and oxygen atoms in total. The molecule has 4 aliphatic heterocycles. The molecule has 2 aromatic carbocycles. The summed E-state index contributed by atoms with van der Waals surface area (Å²) in [5.41, 5.74) is -1.01. The molecule has 0 radical (unpaired) electrons. The molecule has 0 aromatic heterocycles. The number of esters is 1. The smallest absolute Gasteiger partial charge is 0.348 e. The number of nitrogens with zero attached hydrogens (tertiary/aromatic N) is 1. The van der Waals surface area contributed by atoms with Crippen LogP contribution in [-0.4, -0.2) is 47.8 Å². The molecule has 30 heavy (non-hydrogen) atoms. The molecule has 0 saturated carbocycles. The van der Waals surface area contributed by atoms with E-state index >= 15 is 0 Å². The minimum atomic E-state index is -1.87. The Labute approximate surface area is 187 Å². The van der Waals surface area contributed by atoms with E-state index in [-0.39, 0.29) is 23.1 Å². The minimum absolute atomic E-state index is 0. The molecular weight excluding hydrogens is 446 g/mol. The molecular formula is C24H26BrNO4. The first kappa shape index (κ1) is 21.1. The molecule has 4 aliphatic rings. The molecule has 0 spiro atoms. The Balaban J connectivity index is 0.00000218. The summed E-state index contributed by atoms with van der Waals surface area (Å²) < 4.78 is 12.9. The van der Waals surface area contributed by atoms with Crippen LogP contribution in [0, 0.1) is 5.92 Å². The maximum Gasteiger partial charge on any atom is 0.348 e. The van der Waals surface area contributed by atoms with Crippen LogP contribution < -0.4 is 21.7 Å². The van der Waals surface area contributed by atoms with Gasteiger partial charge in [0.05, 0.1) is 19.6 Å². The molecule has 1 N–H and O–H groups in total. The molecule has 4 heterocycles. The molecule has 0 aliphatic carbocycles. The van der Waals surface area contributed by atoms with Crippen LogP contribution in [-0.2, 0) is 15.1 Å². The molecule has 1 atom stereocenters. The van der Waals surface area contributed by atoms with Crippen molar-refractivity contribution < 1.29 is 40.8 Å².